The second-order valence-electron chi connectivity index (χ2n) is 4.28. The van der Waals surface area contributed by atoms with Gasteiger partial charge < -0.3 is 10.6 Å². The molecule has 0 aromatic carbocycles. The maximum absolute atomic E-state index is 11.9. The van der Waals surface area contributed by atoms with Crippen molar-refractivity contribution in [3.63, 3.8) is 0 Å². The lowest BCUT2D eigenvalue weighted by Crippen LogP contribution is -2.27. The summed E-state index contributed by atoms with van der Waals surface area (Å²) in [4.78, 5) is 11.9. The van der Waals surface area contributed by atoms with E-state index in [9.17, 15) is 4.79 Å². The molecule has 0 bridgehead atoms. The molecule has 2 N–H and O–H groups in total. The van der Waals surface area contributed by atoms with E-state index in [0.29, 0.717) is 24.7 Å². The summed E-state index contributed by atoms with van der Waals surface area (Å²) in [6, 6.07) is 0. The molecular weight excluding hydrogens is 240 g/mol. The molecule has 0 saturated heterocycles. The van der Waals surface area contributed by atoms with Crippen LogP contribution in [0.4, 0.5) is 5.69 Å². The summed E-state index contributed by atoms with van der Waals surface area (Å²) in [7, 11) is 1.86. The van der Waals surface area contributed by atoms with Crippen molar-refractivity contribution in [2.45, 2.75) is 20.4 Å². The number of nitrogens with zero attached hydrogens (tertiary/aromatic N) is 2. The molecule has 1 aromatic rings. The highest BCUT2D eigenvalue weighted by molar-refractivity contribution is 6.32. The second kappa shape index (κ2) is 6.61. The monoisotopic (exact) mass is 258 g/mol. The maximum atomic E-state index is 11.9. The Balaban J connectivity index is 2.83. The Kier molecular flexibility index (Phi) is 5.44. The lowest BCUT2D eigenvalue weighted by molar-refractivity contribution is 0.464. The Morgan fingerprint density at radius 3 is 2.76 bits per heavy atom. The van der Waals surface area contributed by atoms with Crippen LogP contribution in [0.15, 0.2) is 11.0 Å². The third-order valence-electron chi connectivity index (χ3n) is 2.21. The molecule has 17 heavy (non-hydrogen) atoms. The normalized spacial score (nSPS) is 10.9. The van der Waals surface area contributed by atoms with Gasteiger partial charge in [0, 0.05) is 19.6 Å². The largest absolute Gasteiger partial charge is 0.381 e. The van der Waals surface area contributed by atoms with Gasteiger partial charge in [0.2, 0.25) is 0 Å². The van der Waals surface area contributed by atoms with Crippen molar-refractivity contribution in [1.82, 2.24) is 15.1 Å². The molecule has 0 aliphatic carbocycles. The van der Waals surface area contributed by atoms with Crippen LogP contribution in [0, 0.1) is 5.92 Å². The molecule has 0 saturated carbocycles. The first-order valence-electron chi connectivity index (χ1n) is 5.70. The maximum Gasteiger partial charge on any atom is 0.287 e. The van der Waals surface area contributed by atoms with Gasteiger partial charge in [-0.05, 0) is 13.0 Å². The van der Waals surface area contributed by atoms with E-state index in [1.165, 1.54) is 4.68 Å². The zero-order valence-electron chi connectivity index (χ0n) is 10.5. The van der Waals surface area contributed by atoms with Crippen LogP contribution in [-0.4, -0.2) is 29.9 Å². The summed E-state index contributed by atoms with van der Waals surface area (Å²) in [5.41, 5.74) is 0.349. The molecule has 0 fully saturated rings. The minimum Gasteiger partial charge on any atom is -0.381 e. The molecule has 0 radical (unpaired) electrons. The number of hydrogen-bond acceptors (Lipinski definition) is 4. The van der Waals surface area contributed by atoms with Crippen LogP contribution in [0.3, 0.4) is 0 Å². The standard InChI is InChI=1S/C11H19ClN4O/c1-8(2)7-16-11(17)10(12)9(6-15-16)14-5-4-13-3/h6,8,13-14H,4-5,7H2,1-3H3. The van der Waals surface area contributed by atoms with Gasteiger partial charge in [-0.3, -0.25) is 4.79 Å². The first-order chi connectivity index (χ1) is 8.06. The first kappa shape index (κ1) is 14.0. The minimum atomic E-state index is -0.241. The van der Waals surface area contributed by atoms with E-state index < -0.39 is 0 Å². The molecule has 1 aromatic heterocycles. The van der Waals surface area contributed by atoms with Crippen molar-refractivity contribution in [1.29, 1.82) is 0 Å². The van der Waals surface area contributed by atoms with Gasteiger partial charge in [-0.15, -0.1) is 0 Å². The molecule has 0 aliphatic heterocycles. The van der Waals surface area contributed by atoms with E-state index in [2.05, 4.69) is 15.7 Å². The number of halogens is 1. The van der Waals surface area contributed by atoms with Gasteiger partial charge >= 0.3 is 0 Å². The van der Waals surface area contributed by atoms with E-state index in [-0.39, 0.29) is 10.6 Å². The molecule has 0 amide bonds. The summed E-state index contributed by atoms with van der Waals surface area (Å²) in [5.74, 6) is 0.361. The summed E-state index contributed by atoms with van der Waals surface area (Å²) in [6.45, 7) is 6.13. The molecule has 6 heteroatoms. The molecule has 0 aliphatic rings. The molecule has 0 atom stereocenters. The van der Waals surface area contributed by atoms with Crippen molar-refractivity contribution in [3.05, 3.63) is 21.6 Å². The Hall–Kier alpha value is -1.07. The van der Waals surface area contributed by atoms with Gasteiger partial charge in [-0.2, -0.15) is 5.10 Å². The zero-order valence-corrected chi connectivity index (χ0v) is 11.2. The first-order valence-corrected chi connectivity index (χ1v) is 6.08. The van der Waals surface area contributed by atoms with Crippen LogP contribution in [0.1, 0.15) is 13.8 Å². The quantitative estimate of drug-likeness (QED) is 0.753. The van der Waals surface area contributed by atoms with Crippen molar-refractivity contribution >= 4 is 17.3 Å². The third-order valence-corrected chi connectivity index (χ3v) is 2.58. The minimum absolute atomic E-state index is 0.205. The van der Waals surface area contributed by atoms with E-state index in [4.69, 9.17) is 11.6 Å². The van der Waals surface area contributed by atoms with Gasteiger partial charge in [-0.1, -0.05) is 25.4 Å². The Morgan fingerprint density at radius 2 is 2.18 bits per heavy atom. The zero-order chi connectivity index (χ0) is 12.8. The lowest BCUT2D eigenvalue weighted by Gasteiger charge is -2.11. The highest BCUT2D eigenvalue weighted by Crippen LogP contribution is 2.14. The van der Waals surface area contributed by atoms with E-state index in [0.717, 1.165) is 6.54 Å². The number of likely N-dealkylation sites (N-methyl/N-ethyl adjacent to an activating group) is 1. The fourth-order valence-electron chi connectivity index (χ4n) is 1.39. The van der Waals surface area contributed by atoms with Crippen molar-refractivity contribution < 1.29 is 0 Å². The fourth-order valence-corrected chi connectivity index (χ4v) is 1.60. The average Bonchev–Trinajstić information content (AvgIpc) is 2.28. The highest BCUT2D eigenvalue weighted by atomic mass is 35.5. The van der Waals surface area contributed by atoms with Crippen LogP contribution in [0.2, 0.25) is 5.02 Å². The highest BCUT2D eigenvalue weighted by Gasteiger charge is 2.09. The Labute approximate surface area is 106 Å². The number of nitrogens with one attached hydrogen (secondary N) is 2. The van der Waals surface area contributed by atoms with Crippen LogP contribution in [0.25, 0.3) is 0 Å². The van der Waals surface area contributed by atoms with Crippen molar-refractivity contribution in [2.24, 2.45) is 5.92 Å². The molecule has 1 heterocycles. The van der Waals surface area contributed by atoms with E-state index >= 15 is 0 Å². The SMILES string of the molecule is CNCCNc1cnn(CC(C)C)c(=O)c1Cl. The summed E-state index contributed by atoms with van der Waals surface area (Å²) < 4.78 is 1.40. The fraction of sp³-hybridized carbons (Fsp3) is 0.636. The smallest absolute Gasteiger partial charge is 0.287 e. The topological polar surface area (TPSA) is 59.0 Å². The van der Waals surface area contributed by atoms with Gasteiger partial charge in [0.15, 0.2) is 0 Å². The number of rotatable bonds is 6. The lowest BCUT2D eigenvalue weighted by atomic mass is 10.2. The number of anilines is 1. The Bertz CT molecular complexity index is 416. The average molecular weight is 259 g/mol. The predicted molar refractivity (Wildman–Crippen MR) is 70.8 cm³/mol. The summed E-state index contributed by atoms with van der Waals surface area (Å²) in [6.07, 6.45) is 1.60. The van der Waals surface area contributed by atoms with Crippen LogP contribution in [-0.2, 0) is 6.54 Å². The second-order valence-corrected chi connectivity index (χ2v) is 4.66. The Morgan fingerprint density at radius 1 is 1.47 bits per heavy atom. The van der Waals surface area contributed by atoms with Gasteiger partial charge in [0.1, 0.15) is 5.02 Å². The molecule has 0 spiro atoms. The molecular formula is C11H19ClN4O. The van der Waals surface area contributed by atoms with Crippen molar-refractivity contribution in [3.8, 4) is 0 Å². The van der Waals surface area contributed by atoms with Crippen LogP contribution in [0.5, 0.6) is 0 Å². The van der Waals surface area contributed by atoms with Gasteiger partial charge in [0.05, 0.1) is 11.9 Å². The molecule has 0 unspecified atom stereocenters. The third kappa shape index (κ3) is 4.02. The van der Waals surface area contributed by atoms with Crippen molar-refractivity contribution in [2.75, 3.05) is 25.5 Å². The predicted octanol–water partition coefficient (Wildman–Crippen LogP) is 1.18. The van der Waals surface area contributed by atoms with Crippen LogP contribution >= 0.6 is 11.6 Å². The van der Waals surface area contributed by atoms with E-state index in [1.54, 1.807) is 6.20 Å². The number of hydrogen-bond donors (Lipinski definition) is 2. The number of aromatic nitrogens is 2. The molecule has 96 valence electrons. The summed E-state index contributed by atoms with van der Waals surface area (Å²) >= 11 is 6.00. The molecule has 1 rings (SSSR count). The van der Waals surface area contributed by atoms with Crippen LogP contribution < -0.4 is 16.2 Å². The van der Waals surface area contributed by atoms with Gasteiger partial charge in [0.25, 0.3) is 5.56 Å². The van der Waals surface area contributed by atoms with E-state index in [1.807, 2.05) is 20.9 Å². The van der Waals surface area contributed by atoms with Gasteiger partial charge in [-0.25, -0.2) is 4.68 Å². The summed E-state index contributed by atoms with van der Waals surface area (Å²) in [5, 5.41) is 10.4. The molecule has 5 nitrogen and oxygen atoms in total.